The molecule has 3 N–H and O–H groups in total. The molecule has 0 aromatic rings. The molecular weight excluding hydrogens is 416 g/mol. The molecule has 0 aromatic carbocycles. The topological polar surface area (TPSA) is 138 Å². The summed E-state index contributed by atoms with van der Waals surface area (Å²) in [7, 11) is 0. The highest BCUT2D eigenvalue weighted by Gasteiger charge is 2.15. The minimum absolute atomic E-state index is 0.00421. The number of hydrogen-bond acceptors (Lipinski definition) is 5. The van der Waals surface area contributed by atoms with Crippen LogP contribution in [0.3, 0.4) is 0 Å². The zero-order valence-electron chi connectivity index (χ0n) is 19.8. The molecule has 8 nitrogen and oxygen atoms in total. The lowest BCUT2D eigenvalue weighted by Crippen LogP contribution is -2.12. The molecule has 0 rings (SSSR count). The fraction of sp³-hybridized carbons (Fsp3) is 0.667. The van der Waals surface area contributed by atoms with E-state index in [0.717, 1.165) is 69.6 Å². The standard InChI is InChI=1S/2C12H20O4/c1-3-5-6-9(4-2)7-10(12(15)16)8-11(13)14;1-3-5-6-10(4-2)9-16-12(15)8-7-11(13)14/h8-9H,3-7H2,1-2H3,(H,13,14)(H,15,16);7-8,10H,3-6,9H2,1-2H3,(H,13,14)/b10-8-;8-7-. The fourth-order valence-electron chi connectivity index (χ4n) is 2.90. The summed E-state index contributed by atoms with van der Waals surface area (Å²) in [4.78, 5) is 42.5. The third-order valence-corrected chi connectivity index (χ3v) is 4.99. The van der Waals surface area contributed by atoms with Gasteiger partial charge < -0.3 is 20.1 Å². The molecule has 0 aromatic heterocycles. The van der Waals surface area contributed by atoms with Crippen molar-refractivity contribution in [3.8, 4) is 0 Å². The van der Waals surface area contributed by atoms with Crippen molar-refractivity contribution in [3.63, 3.8) is 0 Å². The van der Waals surface area contributed by atoms with Gasteiger partial charge in [-0.25, -0.2) is 19.2 Å². The number of esters is 1. The Balaban J connectivity index is 0. The van der Waals surface area contributed by atoms with Crippen LogP contribution in [0.25, 0.3) is 0 Å². The monoisotopic (exact) mass is 456 g/mol. The Morgan fingerprint density at radius 2 is 1.31 bits per heavy atom. The molecule has 0 heterocycles. The molecule has 8 heteroatoms. The molecule has 0 aliphatic heterocycles. The maximum atomic E-state index is 11.1. The normalized spacial score (nSPS) is 13.1. The summed E-state index contributed by atoms with van der Waals surface area (Å²) in [6, 6.07) is 0. The highest BCUT2D eigenvalue weighted by Crippen LogP contribution is 2.21. The lowest BCUT2D eigenvalue weighted by Gasteiger charge is -2.14. The summed E-state index contributed by atoms with van der Waals surface area (Å²) >= 11 is 0. The minimum atomic E-state index is -1.19. The third kappa shape index (κ3) is 19.3. The van der Waals surface area contributed by atoms with E-state index >= 15 is 0 Å². The minimum Gasteiger partial charge on any atom is -0.478 e. The summed E-state index contributed by atoms with van der Waals surface area (Å²) in [5, 5.41) is 25.7. The molecule has 0 saturated heterocycles. The molecule has 2 atom stereocenters. The van der Waals surface area contributed by atoms with E-state index in [9.17, 15) is 19.2 Å². The number of carbonyl (C=O) groups excluding carboxylic acids is 1. The van der Waals surface area contributed by atoms with Crippen molar-refractivity contribution in [1.29, 1.82) is 0 Å². The smallest absolute Gasteiger partial charge is 0.331 e. The molecule has 0 fully saturated rings. The van der Waals surface area contributed by atoms with Gasteiger partial charge in [0.1, 0.15) is 0 Å². The average Bonchev–Trinajstić information content (AvgIpc) is 2.74. The van der Waals surface area contributed by atoms with Crippen LogP contribution in [0, 0.1) is 11.8 Å². The Labute approximate surface area is 191 Å². The number of ether oxygens (including phenoxy) is 1. The van der Waals surface area contributed by atoms with Gasteiger partial charge in [-0.05, 0) is 24.7 Å². The van der Waals surface area contributed by atoms with E-state index < -0.39 is 23.9 Å². The highest BCUT2D eigenvalue weighted by atomic mass is 16.5. The Morgan fingerprint density at radius 1 is 0.781 bits per heavy atom. The maximum Gasteiger partial charge on any atom is 0.331 e. The van der Waals surface area contributed by atoms with Crippen molar-refractivity contribution in [2.45, 2.75) is 85.5 Å². The van der Waals surface area contributed by atoms with Crippen LogP contribution in [0.2, 0.25) is 0 Å². The Morgan fingerprint density at radius 3 is 1.72 bits per heavy atom. The van der Waals surface area contributed by atoms with Crippen LogP contribution in [0.4, 0.5) is 0 Å². The van der Waals surface area contributed by atoms with Crippen LogP contribution in [0.15, 0.2) is 23.8 Å². The molecule has 184 valence electrons. The van der Waals surface area contributed by atoms with Crippen molar-refractivity contribution in [1.82, 2.24) is 0 Å². The molecule has 0 spiro atoms. The van der Waals surface area contributed by atoms with E-state index in [1.54, 1.807) is 0 Å². The van der Waals surface area contributed by atoms with Crippen molar-refractivity contribution in [2.75, 3.05) is 6.61 Å². The van der Waals surface area contributed by atoms with Crippen molar-refractivity contribution < 1.29 is 39.2 Å². The Hall–Kier alpha value is -2.64. The quantitative estimate of drug-likeness (QED) is 0.216. The predicted octanol–water partition coefficient (Wildman–Crippen LogP) is 5.08. The number of carboxylic acid groups (broad SMARTS) is 3. The first-order valence-electron chi connectivity index (χ1n) is 11.3. The summed E-state index contributed by atoms with van der Waals surface area (Å²) in [6.45, 7) is 8.63. The van der Waals surface area contributed by atoms with Gasteiger partial charge in [0.2, 0.25) is 0 Å². The van der Waals surface area contributed by atoms with Crippen molar-refractivity contribution in [3.05, 3.63) is 23.8 Å². The first-order chi connectivity index (χ1) is 15.1. The van der Waals surface area contributed by atoms with Gasteiger partial charge in [0.25, 0.3) is 0 Å². The zero-order chi connectivity index (χ0) is 24.9. The lowest BCUT2D eigenvalue weighted by atomic mass is 9.92. The van der Waals surface area contributed by atoms with Gasteiger partial charge in [-0.1, -0.05) is 72.6 Å². The number of unbranched alkanes of at least 4 members (excludes halogenated alkanes) is 2. The van der Waals surface area contributed by atoms with Crippen LogP contribution < -0.4 is 0 Å². The number of carbonyl (C=O) groups is 4. The number of carboxylic acids is 3. The van der Waals surface area contributed by atoms with Crippen LogP contribution in [0.5, 0.6) is 0 Å². The number of aliphatic carboxylic acids is 3. The Bertz CT molecular complexity index is 619. The second-order valence-corrected chi connectivity index (χ2v) is 7.65. The molecule has 0 saturated carbocycles. The van der Waals surface area contributed by atoms with Crippen LogP contribution in [-0.2, 0) is 23.9 Å². The maximum absolute atomic E-state index is 11.1. The van der Waals surface area contributed by atoms with Gasteiger partial charge in [-0.3, -0.25) is 0 Å². The molecule has 0 radical (unpaired) electrons. The van der Waals surface area contributed by atoms with E-state index in [1.165, 1.54) is 0 Å². The van der Waals surface area contributed by atoms with Crippen LogP contribution >= 0.6 is 0 Å². The van der Waals surface area contributed by atoms with Gasteiger partial charge in [-0.2, -0.15) is 0 Å². The highest BCUT2D eigenvalue weighted by molar-refractivity contribution is 5.94. The summed E-state index contributed by atoms with van der Waals surface area (Å²) in [5.74, 6) is -3.41. The van der Waals surface area contributed by atoms with Gasteiger partial charge >= 0.3 is 23.9 Å². The van der Waals surface area contributed by atoms with Gasteiger partial charge in [-0.15, -0.1) is 0 Å². The van der Waals surface area contributed by atoms with Gasteiger partial charge in [0, 0.05) is 23.8 Å². The first-order valence-corrected chi connectivity index (χ1v) is 11.3. The summed E-state index contributed by atoms with van der Waals surface area (Å²) in [5.41, 5.74) is -0.00421. The molecule has 0 aliphatic carbocycles. The Kier molecular flexibility index (Phi) is 20.0. The molecule has 32 heavy (non-hydrogen) atoms. The summed E-state index contributed by atoms with van der Waals surface area (Å²) in [6.07, 6.45) is 11.1. The van der Waals surface area contributed by atoms with Gasteiger partial charge in [0.05, 0.1) is 6.61 Å². The second kappa shape index (κ2) is 20.3. The molecule has 0 aliphatic rings. The summed E-state index contributed by atoms with van der Waals surface area (Å²) < 4.78 is 4.95. The van der Waals surface area contributed by atoms with E-state index in [1.807, 2.05) is 6.92 Å². The van der Waals surface area contributed by atoms with Crippen molar-refractivity contribution in [2.24, 2.45) is 11.8 Å². The van der Waals surface area contributed by atoms with Crippen LogP contribution in [-0.4, -0.2) is 45.8 Å². The first kappa shape index (κ1) is 31.5. The number of hydrogen-bond donors (Lipinski definition) is 3. The third-order valence-electron chi connectivity index (χ3n) is 4.99. The SMILES string of the molecule is CCCCC(CC)C/C(=C/C(=O)O)C(=O)O.CCCCC(CC)COC(=O)/C=C\C(=O)O. The van der Waals surface area contributed by atoms with E-state index in [0.29, 0.717) is 18.9 Å². The number of rotatable bonds is 16. The largest absolute Gasteiger partial charge is 0.478 e. The average molecular weight is 457 g/mol. The van der Waals surface area contributed by atoms with Gasteiger partial charge in [0.15, 0.2) is 0 Å². The molecule has 0 bridgehead atoms. The molecular formula is C24H40O8. The lowest BCUT2D eigenvalue weighted by molar-refractivity contribution is -0.140. The predicted molar refractivity (Wildman–Crippen MR) is 122 cm³/mol. The van der Waals surface area contributed by atoms with E-state index in [4.69, 9.17) is 20.1 Å². The van der Waals surface area contributed by atoms with E-state index in [-0.39, 0.29) is 11.5 Å². The second-order valence-electron chi connectivity index (χ2n) is 7.65. The van der Waals surface area contributed by atoms with Crippen molar-refractivity contribution >= 4 is 23.9 Å². The van der Waals surface area contributed by atoms with E-state index in [2.05, 4.69) is 20.8 Å². The van der Waals surface area contributed by atoms with Crippen LogP contribution in [0.1, 0.15) is 85.5 Å². The molecule has 2 unspecified atom stereocenters. The fourth-order valence-corrected chi connectivity index (χ4v) is 2.90. The molecule has 0 amide bonds. The zero-order valence-corrected chi connectivity index (χ0v) is 19.8.